The number of benzene rings is 1. The first-order valence-corrected chi connectivity index (χ1v) is 6.89. The molecule has 0 fully saturated rings. The molecule has 0 saturated carbocycles. The molecule has 1 N–H and O–H groups in total. The Morgan fingerprint density at radius 1 is 1.37 bits per heavy atom. The van der Waals surface area contributed by atoms with Gasteiger partial charge >= 0.3 is 0 Å². The molecule has 0 amide bonds. The maximum Gasteiger partial charge on any atom is 0.263 e. The predicted molar refractivity (Wildman–Crippen MR) is 76.8 cm³/mol. The van der Waals surface area contributed by atoms with Crippen molar-refractivity contribution in [1.29, 1.82) is 0 Å². The molecule has 0 atom stereocenters. The molecule has 96 valence electrons. The smallest absolute Gasteiger partial charge is 0.263 e. The minimum Gasteiger partial charge on any atom is -0.323 e. The monoisotopic (exact) mass is 292 g/mol. The summed E-state index contributed by atoms with van der Waals surface area (Å²) in [7, 11) is 0. The molecular weight excluding hydrogens is 283 g/mol. The zero-order chi connectivity index (χ0) is 13.4. The van der Waals surface area contributed by atoms with Gasteiger partial charge in [0.1, 0.15) is 10.6 Å². The van der Waals surface area contributed by atoms with Gasteiger partial charge in [0.2, 0.25) is 0 Å². The van der Waals surface area contributed by atoms with Crippen molar-refractivity contribution in [3.63, 3.8) is 0 Å². The average molecular weight is 292 g/mol. The van der Waals surface area contributed by atoms with E-state index in [-0.39, 0.29) is 17.9 Å². The number of aromatic nitrogens is 2. The van der Waals surface area contributed by atoms with Crippen LogP contribution in [0.3, 0.4) is 0 Å². The normalized spacial score (nSPS) is 11.0. The van der Waals surface area contributed by atoms with Crippen LogP contribution in [0, 0.1) is 10.6 Å². The van der Waals surface area contributed by atoms with Crippen LogP contribution in [-0.4, -0.2) is 9.55 Å². The van der Waals surface area contributed by atoms with E-state index < -0.39 is 0 Å². The largest absolute Gasteiger partial charge is 0.323 e. The first-order valence-electron chi connectivity index (χ1n) is 5.60. The molecule has 2 aromatic heterocycles. The summed E-state index contributed by atoms with van der Waals surface area (Å²) in [6.07, 6.45) is 0. The van der Waals surface area contributed by atoms with Crippen LogP contribution in [0.4, 0.5) is 4.39 Å². The number of nitrogens with one attached hydrogen (secondary N) is 1. The Morgan fingerprint density at radius 2 is 2.21 bits per heavy atom. The standard InChI is InChI=1S/C13H9FN2OS2/c14-9-3-1-2-8(6-9)7-16-12(17)10-4-5-19-11(10)15-13(16)18/h1-6H,7H2,(H,15,18). The molecule has 0 aliphatic heterocycles. The van der Waals surface area contributed by atoms with Crippen molar-refractivity contribution in [2.24, 2.45) is 0 Å². The molecular formula is C13H9FN2OS2. The van der Waals surface area contributed by atoms with Crippen molar-refractivity contribution < 1.29 is 4.39 Å². The van der Waals surface area contributed by atoms with Gasteiger partial charge in [-0.15, -0.1) is 11.3 Å². The van der Waals surface area contributed by atoms with Gasteiger partial charge in [-0.1, -0.05) is 12.1 Å². The number of H-pyrrole nitrogens is 1. The van der Waals surface area contributed by atoms with E-state index in [0.717, 1.165) is 4.83 Å². The maximum absolute atomic E-state index is 13.2. The van der Waals surface area contributed by atoms with E-state index in [4.69, 9.17) is 12.2 Å². The van der Waals surface area contributed by atoms with Crippen molar-refractivity contribution in [2.45, 2.75) is 6.54 Å². The molecule has 2 heterocycles. The van der Waals surface area contributed by atoms with Gasteiger partial charge in [-0.3, -0.25) is 9.36 Å². The summed E-state index contributed by atoms with van der Waals surface area (Å²) in [6, 6.07) is 7.91. The lowest BCUT2D eigenvalue weighted by Crippen LogP contribution is -2.22. The van der Waals surface area contributed by atoms with E-state index in [2.05, 4.69) is 4.98 Å². The fraction of sp³-hybridized carbons (Fsp3) is 0.0769. The van der Waals surface area contributed by atoms with Crippen LogP contribution < -0.4 is 5.56 Å². The molecule has 0 unspecified atom stereocenters. The third-order valence-electron chi connectivity index (χ3n) is 2.84. The van der Waals surface area contributed by atoms with Crippen LogP contribution in [0.1, 0.15) is 5.56 Å². The van der Waals surface area contributed by atoms with E-state index in [1.165, 1.54) is 28.0 Å². The predicted octanol–water partition coefficient (Wildman–Crippen LogP) is 3.31. The molecule has 0 radical (unpaired) electrons. The Kier molecular flexibility index (Phi) is 3.04. The second-order valence-electron chi connectivity index (χ2n) is 4.11. The van der Waals surface area contributed by atoms with E-state index in [1.54, 1.807) is 18.2 Å². The van der Waals surface area contributed by atoms with Gasteiger partial charge < -0.3 is 4.98 Å². The number of halogens is 1. The minimum absolute atomic E-state index is 0.149. The van der Waals surface area contributed by atoms with E-state index in [0.29, 0.717) is 15.7 Å². The first-order chi connectivity index (χ1) is 9.15. The summed E-state index contributed by atoms with van der Waals surface area (Å²) in [5, 5.41) is 2.44. The number of aromatic amines is 1. The zero-order valence-electron chi connectivity index (χ0n) is 9.72. The number of fused-ring (bicyclic) bond motifs is 1. The molecule has 3 rings (SSSR count). The molecule has 0 aliphatic rings. The molecule has 1 aromatic carbocycles. The lowest BCUT2D eigenvalue weighted by molar-refractivity contribution is 0.622. The molecule has 3 nitrogen and oxygen atoms in total. The van der Waals surface area contributed by atoms with Gasteiger partial charge in [0.05, 0.1) is 11.9 Å². The lowest BCUT2D eigenvalue weighted by atomic mass is 10.2. The molecule has 6 heteroatoms. The van der Waals surface area contributed by atoms with Crippen molar-refractivity contribution >= 4 is 33.8 Å². The van der Waals surface area contributed by atoms with Crippen LogP contribution in [-0.2, 0) is 6.54 Å². The Bertz CT molecular complexity index is 863. The Hall–Kier alpha value is -1.79. The van der Waals surface area contributed by atoms with Gasteiger partial charge in [0.15, 0.2) is 4.77 Å². The second-order valence-corrected chi connectivity index (χ2v) is 5.42. The fourth-order valence-electron chi connectivity index (χ4n) is 1.94. The molecule has 0 aliphatic carbocycles. The SMILES string of the molecule is O=c1c2ccsc2[nH]c(=S)n1Cc1cccc(F)c1. The number of nitrogens with zero attached hydrogens (tertiary/aromatic N) is 1. The highest BCUT2D eigenvalue weighted by atomic mass is 32.1. The van der Waals surface area contributed by atoms with E-state index in [1.807, 2.05) is 5.38 Å². The Labute approximate surface area is 117 Å². The highest BCUT2D eigenvalue weighted by Crippen LogP contribution is 2.14. The molecule has 0 spiro atoms. The summed E-state index contributed by atoms with van der Waals surface area (Å²) in [5.41, 5.74) is 0.556. The van der Waals surface area contributed by atoms with Crippen molar-refractivity contribution in [3.05, 3.63) is 62.2 Å². The minimum atomic E-state index is -0.322. The Morgan fingerprint density at radius 3 is 3.00 bits per heavy atom. The van der Waals surface area contributed by atoms with Crippen LogP contribution >= 0.6 is 23.6 Å². The van der Waals surface area contributed by atoms with Gasteiger partial charge in [-0.25, -0.2) is 4.39 Å². The molecule has 0 bridgehead atoms. The van der Waals surface area contributed by atoms with Crippen LogP contribution in [0.2, 0.25) is 0 Å². The van der Waals surface area contributed by atoms with Gasteiger partial charge in [-0.2, -0.15) is 0 Å². The average Bonchev–Trinajstić information content (AvgIpc) is 2.83. The summed E-state index contributed by atoms with van der Waals surface area (Å²) < 4.78 is 14.9. The quantitative estimate of drug-likeness (QED) is 0.736. The highest BCUT2D eigenvalue weighted by molar-refractivity contribution is 7.71. The molecule has 0 saturated heterocycles. The third kappa shape index (κ3) is 2.24. The fourth-order valence-corrected chi connectivity index (χ4v) is 3.03. The zero-order valence-corrected chi connectivity index (χ0v) is 11.4. The van der Waals surface area contributed by atoms with Gasteiger partial charge in [0.25, 0.3) is 5.56 Å². The van der Waals surface area contributed by atoms with Crippen LogP contribution in [0.25, 0.3) is 10.2 Å². The number of hydrogen-bond acceptors (Lipinski definition) is 3. The van der Waals surface area contributed by atoms with Crippen molar-refractivity contribution in [3.8, 4) is 0 Å². The summed E-state index contributed by atoms with van der Waals surface area (Å²) in [4.78, 5) is 16.1. The number of thiophene rings is 1. The number of rotatable bonds is 2. The van der Waals surface area contributed by atoms with Crippen LogP contribution in [0.15, 0.2) is 40.5 Å². The van der Waals surface area contributed by atoms with Crippen molar-refractivity contribution in [2.75, 3.05) is 0 Å². The van der Waals surface area contributed by atoms with Gasteiger partial charge in [-0.05, 0) is 41.4 Å². The Balaban J connectivity index is 2.15. The van der Waals surface area contributed by atoms with Crippen molar-refractivity contribution in [1.82, 2.24) is 9.55 Å². The lowest BCUT2D eigenvalue weighted by Gasteiger charge is -2.06. The topological polar surface area (TPSA) is 37.8 Å². The maximum atomic E-state index is 13.2. The van der Waals surface area contributed by atoms with Crippen LogP contribution in [0.5, 0.6) is 0 Å². The first kappa shape index (κ1) is 12.3. The molecule has 19 heavy (non-hydrogen) atoms. The highest BCUT2D eigenvalue weighted by Gasteiger charge is 2.07. The van der Waals surface area contributed by atoms with E-state index >= 15 is 0 Å². The van der Waals surface area contributed by atoms with E-state index in [9.17, 15) is 9.18 Å². The second kappa shape index (κ2) is 4.71. The van der Waals surface area contributed by atoms with Gasteiger partial charge in [0, 0.05) is 0 Å². The third-order valence-corrected chi connectivity index (χ3v) is 3.99. The summed E-state index contributed by atoms with van der Waals surface area (Å²) in [5.74, 6) is -0.322. The number of hydrogen-bond donors (Lipinski definition) is 1. The summed E-state index contributed by atoms with van der Waals surface area (Å²) in [6.45, 7) is 0.262. The summed E-state index contributed by atoms with van der Waals surface area (Å²) >= 11 is 6.62. The molecule has 3 aromatic rings.